The van der Waals surface area contributed by atoms with Gasteiger partial charge in [-0.3, -0.25) is 4.79 Å². The SMILES string of the molecule is O=C(c1cc(Br)c[nH]1)N1CCCC(O)C1. The first-order chi connectivity index (χ1) is 7.16. The first kappa shape index (κ1) is 10.7. The Labute approximate surface area is 96.4 Å². The van der Waals surface area contributed by atoms with E-state index in [0.29, 0.717) is 12.2 Å². The number of nitrogens with zero attached hydrogens (tertiary/aromatic N) is 1. The number of rotatable bonds is 1. The fourth-order valence-electron chi connectivity index (χ4n) is 1.80. The van der Waals surface area contributed by atoms with Crippen molar-refractivity contribution < 1.29 is 9.90 Å². The maximum atomic E-state index is 11.9. The molecule has 1 aliphatic heterocycles. The van der Waals surface area contributed by atoms with Gasteiger partial charge in [-0.2, -0.15) is 0 Å². The molecule has 1 saturated heterocycles. The van der Waals surface area contributed by atoms with Crippen molar-refractivity contribution in [1.29, 1.82) is 0 Å². The second kappa shape index (κ2) is 4.37. The molecule has 0 bridgehead atoms. The van der Waals surface area contributed by atoms with E-state index in [1.807, 2.05) is 0 Å². The van der Waals surface area contributed by atoms with Crippen molar-refractivity contribution in [2.24, 2.45) is 0 Å². The summed E-state index contributed by atoms with van der Waals surface area (Å²) in [5, 5.41) is 9.47. The summed E-state index contributed by atoms with van der Waals surface area (Å²) in [6.45, 7) is 1.17. The molecule has 0 aliphatic carbocycles. The highest BCUT2D eigenvalue weighted by molar-refractivity contribution is 9.10. The molecule has 1 aromatic rings. The molecule has 1 unspecified atom stereocenters. The zero-order valence-electron chi connectivity index (χ0n) is 8.24. The lowest BCUT2D eigenvalue weighted by Crippen LogP contribution is -2.42. The predicted molar refractivity (Wildman–Crippen MR) is 59.6 cm³/mol. The molecule has 1 aromatic heterocycles. The highest BCUT2D eigenvalue weighted by Gasteiger charge is 2.23. The van der Waals surface area contributed by atoms with Crippen molar-refractivity contribution >= 4 is 21.8 Å². The smallest absolute Gasteiger partial charge is 0.270 e. The number of aromatic amines is 1. The highest BCUT2D eigenvalue weighted by Crippen LogP contribution is 2.16. The summed E-state index contributed by atoms with van der Waals surface area (Å²) in [5.41, 5.74) is 0.566. The van der Waals surface area contributed by atoms with Crippen molar-refractivity contribution in [3.8, 4) is 0 Å². The summed E-state index contributed by atoms with van der Waals surface area (Å²) < 4.78 is 0.864. The number of nitrogens with one attached hydrogen (secondary N) is 1. The van der Waals surface area contributed by atoms with Crippen LogP contribution in [0.2, 0.25) is 0 Å². The fourth-order valence-corrected chi connectivity index (χ4v) is 2.14. The van der Waals surface area contributed by atoms with Crippen LogP contribution in [0.3, 0.4) is 0 Å². The van der Waals surface area contributed by atoms with Crippen LogP contribution in [0.5, 0.6) is 0 Å². The number of β-amino-alcohol motifs (C(OH)–C–C–N with tert-alkyl or cyclic N) is 1. The number of piperidine rings is 1. The Morgan fingerprint density at radius 2 is 2.47 bits per heavy atom. The Bertz CT molecular complexity index is 364. The van der Waals surface area contributed by atoms with E-state index in [9.17, 15) is 9.90 Å². The topological polar surface area (TPSA) is 56.3 Å². The molecule has 82 valence electrons. The summed E-state index contributed by atoms with van der Waals surface area (Å²) in [6, 6.07) is 1.75. The maximum Gasteiger partial charge on any atom is 0.270 e. The second-order valence-corrected chi connectivity index (χ2v) is 4.69. The Morgan fingerprint density at radius 3 is 3.07 bits per heavy atom. The Kier molecular flexibility index (Phi) is 3.11. The van der Waals surface area contributed by atoms with Crippen LogP contribution >= 0.6 is 15.9 Å². The Morgan fingerprint density at radius 1 is 1.67 bits per heavy atom. The van der Waals surface area contributed by atoms with E-state index in [4.69, 9.17) is 0 Å². The molecule has 2 heterocycles. The van der Waals surface area contributed by atoms with Crippen LogP contribution in [0.25, 0.3) is 0 Å². The van der Waals surface area contributed by atoms with Gasteiger partial charge >= 0.3 is 0 Å². The quantitative estimate of drug-likeness (QED) is 0.812. The van der Waals surface area contributed by atoms with Gasteiger partial charge in [0.25, 0.3) is 5.91 Å². The average molecular weight is 273 g/mol. The van der Waals surface area contributed by atoms with Gasteiger partial charge in [0.15, 0.2) is 0 Å². The largest absolute Gasteiger partial charge is 0.391 e. The lowest BCUT2D eigenvalue weighted by Gasteiger charge is -2.29. The molecular weight excluding hydrogens is 260 g/mol. The molecule has 1 aliphatic rings. The summed E-state index contributed by atoms with van der Waals surface area (Å²) in [7, 11) is 0. The molecule has 15 heavy (non-hydrogen) atoms. The van der Waals surface area contributed by atoms with Crippen LogP contribution < -0.4 is 0 Å². The van der Waals surface area contributed by atoms with E-state index < -0.39 is 0 Å². The Hall–Kier alpha value is -0.810. The number of carbonyl (C=O) groups is 1. The minimum Gasteiger partial charge on any atom is -0.391 e. The van der Waals surface area contributed by atoms with Gasteiger partial charge in [-0.15, -0.1) is 0 Å². The van der Waals surface area contributed by atoms with E-state index in [-0.39, 0.29) is 12.0 Å². The Balaban J connectivity index is 2.07. The van der Waals surface area contributed by atoms with Gasteiger partial charge in [0.05, 0.1) is 6.10 Å². The summed E-state index contributed by atoms with van der Waals surface area (Å²) in [5.74, 6) is -0.0422. The van der Waals surface area contributed by atoms with Crippen LogP contribution in [0.15, 0.2) is 16.7 Å². The van der Waals surface area contributed by atoms with Crippen LogP contribution in [-0.2, 0) is 0 Å². The molecule has 1 fully saturated rings. The van der Waals surface area contributed by atoms with E-state index in [1.54, 1.807) is 17.2 Å². The molecule has 0 radical (unpaired) electrons. The van der Waals surface area contributed by atoms with E-state index in [1.165, 1.54) is 0 Å². The molecule has 1 amide bonds. The molecule has 4 nitrogen and oxygen atoms in total. The third-order valence-electron chi connectivity index (χ3n) is 2.56. The van der Waals surface area contributed by atoms with Gasteiger partial charge in [-0.25, -0.2) is 0 Å². The van der Waals surface area contributed by atoms with Gasteiger partial charge in [0.1, 0.15) is 5.69 Å². The number of aromatic nitrogens is 1. The van der Waals surface area contributed by atoms with Crippen LogP contribution in [-0.4, -0.2) is 40.1 Å². The standard InChI is InChI=1S/C10H13BrN2O2/c11-7-4-9(12-5-7)10(15)13-3-1-2-8(14)6-13/h4-5,8,12,14H,1-3,6H2. The van der Waals surface area contributed by atoms with Gasteiger partial charge in [0.2, 0.25) is 0 Å². The zero-order valence-corrected chi connectivity index (χ0v) is 9.83. The zero-order chi connectivity index (χ0) is 10.8. The van der Waals surface area contributed by atoms with E-state index in [0.717, 1.165) is 23.9 Å². The number of H-pyrrole nitrogens is 1. The van der Waals surface area contributed by atoms with Gasteiger partial charge in [-0.05, 0) is 34.8 Å². The van der Waals surface area contributed by atoms with Gasteiger partial charge in [0, 0.05) is 23.8 Å². The third kappa shape index (κ3) is 2.41. The molecule has 5 heteroatoms. The molecule has 0 spiro atoms. The number of amides is 1. The number of carbonyl (C=O) groups excluding carboxylic acids is 1. The van der Waals surface area contributed by atoms with Gasteiger partial charge < -0.3 is 15.0 Å². The van der Waals surface area contributed by atoms with Crippen molar-refractivity contribution in [3.05, 3.63) is 22.4 Å². The lowest BCUT2D eigenvalue weighted by atomic mass is 10.1. The average Bonchev–Trinajstić information content (AvgIpc) is 2.64. The summed E-state index contributed by atoms with van der Waals surface area (Å²) >= 11 is 3.28. The van der Waals surface area contributed by atoms with Crippen LogP contribution in [0, 0.1) is 0 Å². The fraction of sp³-hybridized carbons (Fsp3) is 0.500. The van der Waals surface area contributed by atoms with Crippen molar-refractivity contribution in [3.63, 3.8) is 0 Å². The first-order valence-electron chi connectivity index (χ1n) is 4.98. The summed E-state index contributed by atoms with van der Waals surface area (Å²) in [4.78, 5) is 16.5. The molecular formula is C10H13BrN2O2. The van der Waals surface area contributed by atoms with E-state index in [2.05, 4.69) is 20.9 Å². The lowest BCUT2D eigenvalue weighted by molar-refractivity contribution is 0.0469. The van der Waals surface area contributed by atoms with Crippen LogP contribution in [0.1, 0.15) is 23.3 Å². The van der Waals surface area contributed by atoms with Gasteiger partial charge in [-0.1, -0.05) is 0 Å². The predicted octanol–water partition coefficient (Wildman–Crippen LogP) is 1.37. The third-order valence-corrected chi connectivity index (χ3v) is 3.02. The molecule has 0 saturated carbocycles. The number of likely N-dealkylation sites (tertiary alicyclic amines) is 1. The molecule has 2 N–H and O–H groups in total. The number of halogens is 1. The normalized spacial score (nSPS) is 21.7. The van der Waals surface area contributed by atoms with Crippen molar-refractivity contribution in [2.75, 3.05) is 13.1 Å². The number of aliphatic hydroxyl groups excluding tert-OH is 1. The minimum atomic E-state index is -0.374. The minimum absolute atomic E-state index is 0.0422. The van der Waals surface area contributed by atoms with Crippen molar-refractivity contribution in [2.45, 2.75) is 18.9 Å². The van der Waals surface area contributed by atoms with E-state index >= 15 is 0 Å². The first-order valence-corrected chi connectivity index (χ1v) is 5.77. The molecule has 0 aromatic carbocycles. The maximum absolute atomic E-state index is 11.9. The van der Waals surface area contributed by atoms with Crippen LogP contribution in [0.4, 0.5) is 0 Å². The van der Waals surface area contributed by atoms with Crippen molar-refractivity contribution in [1.82, 2.24) is 9.88 Å². The highest BCUT2D eigenvalue weighted by atomic mass is 79.9. The summed E-state index contributed by atoms with van der Waals surface area (Å²) in [6.07, 6.45) is 3.02. The number of hydrogen-bond acceptors (Lipinski definition) is 2. The number of aliphatic hydroxyl groups is 1. The number of hydrogen-bond donors (Lipinski definition) is 2. The molecule has 1 atom stereocenters. The second-order valence-electron chi connectivity index (χ2n) is 3.78. The monoisotopic (exact) mass is 272 g/mol. The molecule has 2 rings (SSSR count).